The van der Waals surface area contributed by atoms with Crippen LogP contribution in [-0.4, -0.2) is 43.3 Å². The van der Waals surface area contributed by atoms with Gasteiger partial charge in [-0.1, -0.05) is 0 Å². The maximum atomic E-state index is 12.5. The summed E-state index contributed by atoms with van der Waals surface area (Å²) in [6, 6.07) is 0.451. The normalized spacial score (nSPS) is 20.2. The van der Waals surface area contributed by atoms with Gasteiger partial charge in [0.2, 0.25) is 10.0 Å². The summed E-state index contributed by atoms with van der Waals surface area (Å²) < 4.78 is 30.8. The first-order valence-electron chi connectivity index (χ1n) is 9.93. The molecular formula is C18H26N6O2S. The molecule has 3 heterocycles. The molecule has 0 atom stereocenters. The highest BCUT2D eigenvalue weighted by Gasteiger charge is 2.37. The first-order chi connectivity index (χ1) is 13.0. The minimum absolute atomic E-state index is 0.261. The van der Waals surface area contributed by atoms with Crippen LogP contribution in [0.15, 0.2) is 6.20 Å². The van der Waals surface area contributed by atoms with Crippen molar-refractivity contribution in [3.8, 4) is 0 Å². The molecule has 0 spiro atoms. The third-order valence-corrected chi connectivity index (χ3v) is 6.93. The van der Waals surface area contributed by atoms with E-state index in [0.29, 0.717) is 12.0 Å². The van der Waals surface area contributed by atoms with Gasteiger partial charge >= 0.3 is 0 Å². The van der Waals surface area contributed by atoms with E-state index in [1.807, 2.05) is 6.20 Å². The van der Waals surface area contributed by atoms with E-state index >= 15 is 0 Å². The van der Waals surface area contributed by atoms with Crippen molar-refractivity contribution < 1.29 is 8.42 Å². The van der Waals surface area contributed by atoms with Crippen LogP contribution < -0.4 is 0 Å². The molecule has 27 heavy (non-hydrogen) atoms. The summed E-state index contributed by atoms with van der Waals surface area (Å²) in [6.07, 6.45) is 11.2. The van der Waals surface area contributed by atoms with Crippen molar-refractivity contribution in [3.63, 3.8) is 0 Å². The van der Waals surface area contributed by atoms with Gasteiger partial charge in [-0.3, -0.25) is 0 Å². The molecule has 0 N–H and O–H groups in total. The fraction of sp³-hybridized carbons (Fsp3) is 0.722. The van der Waals surface area contributed by atoms with E-state index in [9.17, 15) is 8.42 Å². The molecule has 2 aromatic heterocycles. The molecule has 0 saturated heterocycles. The number of fused-ring (bicyclic) bond motifs is 1. The smallest absolute Gasteiger partial charge is 0.211 e. The van der Waals surface area contributed by atoms with Crippen LogP contribution in [0.5, 0.6) is 0 Å². The summed E-state index contributed by atoms with van der Waals surface area (Å²) in [5.74, 6) is 3.41. The van der Waals surface area contributed by atoms with Gasteiger partial charge in [0.05, 0.1) is 25.0 Å². The predicted octanol–water partition coefficient (Wildman–Crippen LogP) is 1.98. The molecule has 0 bridgehead atoms. The Morgan fingerprint density at radius 3 is 2.63 bits per heavy atom. The number of imidazole rings is 1. The number of sulfonamides is 1. The third-order valence-electron chi connectivity index (χ3n) is 5.73. The topological polar surface area (TPSA) is 85.9 Å². The first kappa shape index (κ1) is 17.4. The van der Waals surface area contributed by atoms with Gasteiger partial charge in [-0.05, 0) is 38.5 Å². The molecule has 0 unspecified atom stereocenters. The lowest BCUT2D eigenvalue weighted by Gasteiger charge is -2.19. The summed E-state index contributed by atoms with van der Waals surface area (Å²) in [5.41, 5.74) is 0.817. The molecule has 2 aromatic rings. The zero-order valence-electron chi connectivity index (χ0n) is 15.7. The van der Waals surface area contributed by atoms with E-state index < -0.39 is 10.0 Å². The van der Waals surface area contributed by atoms with Gasteiger partial charge in [0.15, 0.2) is 0 Å². The van der Waals surface area contributed by atoms with Gasteiger partial charge in [-0.2, -0.15) is 4.31 Å². The van der Waals surface area contributed by atoms with Gasteiger partial charge in [0.25, 0.3) is 0 Å². The van der Waals surface area contributed by atoms with Crippen molar-refractivity contribution in [2.75, 3.05) is 6.26 Å². The van der Waals surface area contributed by atoms with E-state index in [0.717, 1.165) is 61.8 Å². The van der Waals surface area contributed by atoms with Crippen LogP contribution in [0, 0.1) is 0 Å². The van der Waals surface area contributed by atoms with Gasteiger partial charge < -0.3 is 9.13 Å². The Labute approximate surface area is 159 Å². The minimum atomic E-state index is -3.38. The fourth-order valence-electron chi connectivity index (χ4n) is 3.97. The zero-order chi connectivity index (χ0) is 18.6. The number of nitrogens with zero attached hydrogens (tertiary/aromatic N) is 6. The molecule has 8 nitrogen and oxygen atoms in total. The highest BCUT2D eigenvalue weighted by Crippen LogP contribution is 2.44. The first-order valence-corrected chi connectivity index (χ1v) is 11.8. The molecule has 2 fully saturated rings. The number of aryl methyl sites for hydroxylation is 2. The number of hydrogen-bond acceptors (Lipinski definition) is 5. The van der Waals surface area contributed by atoms with Gasteiger partial charge in [0, 0.05) is 31.1 Å². The Bertz CT molecular complexity index is 931. The van der Waals surface area contributed by atoms with Gasteiger partial charge in [-0.25, -0.2) is 13.4 Å². The average molecular weight is 391 g/mol. The predicted molar refractivity (Wildman–Crippen MR) is 99.5 cm³/mol. The molecule has 0 radical (unpaired) electrons. The van der Waals surface area contributed by atoms with E-state index in [1.165, 1.54) is 23.4 Å². The Morgan fingerprint density at radius 1 is 1.15 bits per heavy atom. The standard InChI is InChI=1S/C18H26N6O2S/c1-27(25,26)23(11-14-10-22-9-3-2-4-16(22)19-14)12-17-20-21-18(13-5-6-13)24(17)15-7-8-15/h10,13,15H,2-9,11-12H2,1H3. The summed E-state index contributed by atoms with van der Waals surface area (Å²) in [6.45, 7) is 1.52. The van der Waals surface area contributed by atoms with Gasteiger partial charge in [0.1, 0.15) is 17.5 Å². The van der Waals surface area contributed by atoms with Crippen molar-refractivity contribution in [2.45, 2.75) is 76.5 Å². The lowest BCUT2D eigenvalue weighted by molar-refractivity contribution is 0.383. The molecule has 9 heteroatoms. The van der Waals surface area contributed by atoms with Crippen molar-refractivity contribution in [2.24, 2.45) is 0 Å². The summed E-state index contributed by atoms with van der Waals surface area (Å²) in [7, 11) is -3.38. The third kappa shape index (κ3) is 3.54. The Hall–Kier alpha value is -1.74. The van der Waals surface area contributed by atoms with Crippen molar-refractivity contribution in [1.82, 2.24) is 28.6 Å². The number of aromatic nitrogens is 5. The SMILES string of the molecule is CS(=O)(=O)N(Cc1cn2c(n1)CCCC2)Cc1nnc(C2CC2)n1C1CC1. The van der Waals surface area contributed by atoms with E-state index in [1.54, 1.807) is 0 Å². The molecule has 5 rings (SSSR count). The number of rotatable bonds is 7. The average Bonchev–Trinajstić information content (AvgIpc) is 3.55. The highest BCUT2D eigenvalue weighted by atomic mass is 32.2. The minimum Gasteiger partial charge on any atom is -0.335 e. The van der Waals surface area contributed by atoms with E-state index in [2.05, 4.69) is 24.3 Å². The van der Waals surface area contributed by atoms with Crippen LogP contribution in [0.1, 0.15) is 73.7 Å². The summed E-state index contributed by atoms with van der Waals surface area (Å²) in [5, 5.41) is 8.79. The number of hydrogen-bond donors (Lipinski definition) is 0. The lowest BCUT2D eigenvalue weighted by Crippen LogP contribution is -2.30. The second kappa shape index (κ2) is 6.41. The monoisotopic (exact) mass is 390 g/mol. The van der Waals surface area contributed by atoms with Crippen LogP contribution >= 0.6 is 0 Å². The Kier molecular flexibility index (Phi) is 4.12. The van der Waals surface area contributed by atoms with E-state index in [4.69, 9.17) is 0 Å². The van der Waals surface area contributed by atoms with E-state index in [-0.39, 0.29) is 13.1 Å². The highest BCUT2D eigenvalue weighted by molar-refractivity contribution is 7.88. The molecule has 0 aromatic carbocycles. The quantitative estimate of drug-likeness (QED) is 0.722. The molecule has 2 aliphatic carbocycles. The van der Waals surface area contributed by atoms with Crippen molar-refractivity contribution in [1.29, 1.82) is 0 Å². The van der Waals surface area contributed by atoms with Crippen LogP contribution in [0.2, 0.25) is 0 Å². The molecule has 0 amide bonds. The van der Waals surface area contributed by atoms with Crippen LogP contribution in [0.3, 0.4) is 0 Å². The lowest BCUT2D eigenvalue weighted by atomic mass is 10.2. The maximum Gasteiger partial charge on any atom is 0.211 e. The van der Waals surface area contributed by atoms with Crippen molar-refractivity contribution >= 4 is 10.0 Å². The maximum absolute atomic E-state index is 12.5. The van der Waals surface area contributed by atoms with Gasteiger partial charge in [-0.15, -0.1) is 10.2 Å². The summed E-state index contributed by atoms with van der Waals surface area (Å²) in [4.78, 5) is 4.67. The summed E-state index contributed by atoms with van der Waals surface area (Å²) >= 11 is 0. The molecule has 2 saturated carbocycles. The molecule has 1 aliphatic heterocycles. The van der Waals surface area contributed by atoms with Crippen LogP contribution in [0.4, 0.5) is 0 Å². The Balaban J connectivity index is 1.41. The Morgan fingerprint density at radius 2 is 1.96 bits per heavy atom. The van der Waals surface area contributed by atoms with Crippen LogP contribution in [-0.2, 0) is 36.1 Å². The largest absolute Gasteiger partial charge is 0.335 e. The molecule has 3 aliphatic rings. The van der Waals surface area contributed by atoms with Crippen LogP contribution in [0.25, 0.3) is 0 Å². The zero-order valence-corrected chi connectivity index (χ0v) is 16.5. The molecular weight excluding hydrogens is 364 g/mol. The molecule has 146 valence electrons. The fourth-order valence-corrected chi connectivity index (χ4v) is 4.69. The second-order valence-corrected chi connectivity index (χ2v) is 10.2. The second-order valence-electron chi connectivity index (χ2n) is 8.18. The van der Waals surface area contributed by atoms with Crippen molar-refractivity contribution in [3.05, 3.63) is 29.4 Å².